The number of methoxy groups -OCH3 is 1. The minimum absolute atomic E-state index is 0.155. The smallest absolute Gasteiger partial charge is 0.338 e. The maximum atomic E-state index is 13.8. The van der Waals surface area contributed by atoms with E-state index in [1.54, 1.807) is 62.4 Å². The van der Waals surface area contributed by atoms with Crippen LogP contribution in [0.4, 0.5) is 4.39 Å². The number of aromatic nitrogens is 1. The van der Waals surface area contributed by atoms with Gasteiger partial charge in [0.2, 0.25) is 0 Å². The van der Waals surface area contributed by atoms with E-state index in [4.69, 9.17) is 14.2 Å². The van der Waals surface area contributed by atoms with Gasteiger partial charge in [-0.1, -0.05) is 47.7 Å². The number of halogens is 1. The Hall–Kier alpha value is -5.01. The lowest BCUT2D eigenvalue weighted by Gasteiger charge is -2.24. The number of thiazole rings is 1. The molecule has 0 radical (unpaired) electrons. The molecule has 2 heterocycles. The van der Waals surface area contributed by atoms with Gasteiger partial charge in [-0.25, -0.2) is 14.2 Å². The molecule has 42 heavy (non-hydrogen) atoms. The molecule has 8 nitrogen and oxygen atoms in total. The van der Waals surface area contributed by atoms with Crippen molar-refractivity contribution in [3.8, 4) is 17.6 Å². The summed E-state index contributed by atoms with van der Waals surface area (Å²) in [5.41, 5.74) is 2.82. The summed E-state index contributed by atoms with van der Waals surface area (Å²) >= 11 is 1.18. The van der Waals surface area contributed by atoms with Crippen LogP contribution in [-0.2, 0) is 16.1 Å². The van der Waals surface area contributed by atoms with Gasteiger partial charge in [0, 0.05) is 5.56 Å². The first kappa shape index (κ1) is 28.5. The first-order valence-electron chi connectivity index (χ1n) is 13.1. The normalized spacial score (nSPS) is 14.5. The van der Waals surface area contributed by atoms with E-state index in [0.29, 0.717) is 43.2 Å². The molecular formula is C32H26FN3O5S. The Kier molecular flexibility index (Phi) is 8.31. The van der Waals surface area contributed by atoms with E-state index in [1.165, 1.54) is 35.1 Å². The second-order valence-electron chi connectivity index (χ2n) is 9.32. The van der Waals surface area contributed by atoms with Crippen molar-refractivity contribution >= 4 is 23.4 Å². The van der Waals surface area contributed by atoms with Crippen molar-refractivity contribution in [3.63, 3.8) is 0 Å². The van der Waals surface area contributed by atoms with Crippen LogP contribution in [0, 0.1) is 17.1 Å². The molecule has 0 saturated carbocycles. The Balaban J connectivity index is 1.54. The van der Waals surface area contributed by atoms with Crippen molar-refractivity contribution in [1.82, 2.24) is 4.57 Å². The third kappa shape index (κ3) is 5.60. The molecule has 0 amide bonds. The molecule has 1 aromatic heterocycles. The van der Waals surface area contributed by atoms with Gasteiger partial charge in [0.25, 0.3) is 5.56 Å². The highest BCUT2D eigenvalue weighted by Crippen LogP contribution is 2.31. The zero-order chi connectivity index (χ0) is 29.8. The SMILES string of the molecule is CCOC(=O)C1=C(C)N=c2s/c(=C\c3ccc(OCc4ccccc4C#N)c(OC)c3)c(=O)n2[C@@H]1c1ccc(F)cc1. The van der Waals surface area contributed by atoms with Crippen LogP contribution in [0.25, 0.3) is 6.08 Å². The number of fused-ring (bicyclic) bond motifs is 1. The Morgan fingerprint density at radius 3 is 2.62 bits per heavy atom. The van der Waals surface area contributed by atoms with Gasteiger partial charge in [-0.15, -0.1) is 0 Å². The quantitative estimate of drug-likeness (QED) is 0.285. The largest absolute Gasteiger partial charge is 0.493 e. The molecule has 212 valence electrons. The van der Waals surface area contributed by atoms with Crippen molar-refractivity contribution in [2.75, 3.05) is 13.7 Å². The maximum absolute atomic E-state index is 13.8. The zero-order valence-corrected chi connectivity index (χ0v) is 23.9. The number of nitrogens with zero attached hydrogens (tertiary/aromatic N) is 3. The number of nitriles is 1. The predicted molar refractivity (Wildman–Crippen MR) is 155 cm³/mol. The van der Waals surface area contributed by atoms with Gasteiger partial charge in [-0.05, 0) is 61.4 Å². The molecule has 0 fully saturated rings. The van der Waals surface area contributed by atoms with Crippen molar-refractivity contribution in [2.24, 2.45) is 4.99 Å². The van der Waals surface area contributed by atoms with Crippen LogP contribution in [0.3, 0.4) is 0 Å². The summed E-state index contributed by atoms with van der Waals surface area (Å²) in [4.78, 5) is 31.8. The lowest BCUT2D eigenvalue weighted by Crippen LogP contribution is -2.39. The van der Waals surface area contributed by atoms with E-state index in [9.17, 15) is 19.2 Å². The molecule has 0 spiro atoms. The molecule has 4 aromatic rings. The highest BCUT2D eigenvalue weighted by molar-refractivity contribution is 7.07. The Labute approximate surface area is 244 Å². The molecule has 0 aliphatic carbocycles. The molecule has 0 unspecified atom stereocenters. The number of allylic oxidation sites excluding steroid dienone is 1. The fourth-order valence-electron chi connectivity index (χ4n) is 4.71. The van der Waals surface area contributed by atoms with E-state index in [2.05, 4.69) is 11.1 Å². The maximum Gasteiger partial charge on any atom is 0.338 e. The summed E-state index contributed by atoms with van der Waals surface area (Å²) in [6.07, 6.45) is 1.71. The summed E-state index contributed by atoms with van der Waals surface area (Å²) in [7, 11) is 1.52. The molecule has 3 aromatic carbocycles. The highest BCUT2D eigenvalue weighted by atomic mass is 32.1. The fraction of sp³-hybridized carbons (Fsp3) is 0.188. The van der Waals surface area contributed by atoms with Crippen LogP contribution in [0.5, 0.6) is 11.5 Å². The van der Waals surface area contributed by atoms with Crippen molar-refractivity contribution in [3.05, 3.63) is 126 Å². The second kappa shape index (κ2) is 12.2. The number of rotatable bonds is 8. The summed E-state index contributed by atoms with van der Waals surface area (Å²) in [6.45, 7) is 3.73. The molecular weight excluding hydrogens is 557 g/mol. The Morgan fingerprint density at radius 2 is 1.90 bits per heavy atom. The number of hydrogen-bond donors (Lipinski definition) is 0. The van der Waals surface area contributed by atoms with Gasteiger partial charge in [0.15, 0.2) is 16.3 Å². The monoisotopic (exact) mass is 583 g/mol. The zero-order valence-electron chi connectivity index (χ0n) is 23.1. The van der Waals surface area contributed by atoms with Gasteiger partial charge in [-0.3, -0.25) is 9.36 Å². The van der Waals surface area contributed by atoms with Crippen LogP contribution in [0.1, 0.15) is 42.1 Å². The van der Waals surface area contributed by atoms with Crippen molar-refractivity contribution in [2.45, 2.75) is 26.5 Å². The van der Waals surface area contributed by atoms with Crippen molar-refractivity contribution in [1.29, 1.82) is 5.26 Å². The van der Waals surface area contributed by atoms with E-state index >= 15 is 0 Å². The average Bonchev–Trinajstić information content (AvgIpc) is 3.30. The summed E-state index contributed by atoms with van der Waals surface area (Å²) in [6, 6.07) is 19.5. The highest BCUT2D eigenvalue weighted by Gasteiger charge is 2.33. The van der Waals surface area contributed by atoms with Crippen LogP contribution >= 0.6 is 11.3 Å². The number of carbonyl (C=O) groups is 1. The van der Waals surface area contributed by atoms with Crippen LogP contribution < -0.4 is 24.4 Å². The molecule has 0 saturated heterocycles. The third-order valence-electron chi connectivity index (χ3n) is 6.71. The van der Waals surface area contributed by atoms with E-state index in [-0.39, 0.29) is 24.3 Å². The Morgan fingerprint density at radius 1 is 1.14 bits per heavy atom. The number of hydrogen-bond acceptors (Lipinski definition) is 8. The first-order valence-corrected chi connectivity index (χ1v) is 13.9. The number of benzene rings is 3. The number of esters is 1. The van der Waals surface area contributed by atoms with Gasteiger partial charge in [-0.2, -0.15) is 5.26 Å². The van der Waals surface area contributed by atoms with E-state index in [1.807, 2.05) is 12.1 Å². The standard InChI is InChI=1S/C32H26FN3O5S/c1-4-40-31(38)28-19(2)35-32-36(29(28)21-10-12-24(33)13-11-21)30(37)27(42-32)16-20-9-14-25(26(15-20)39-3)41-18-23-8-6-5-7-22(23)17-34/h5-16,29H,4,18H2,1-3H3/b27-16-/t29-/m1/s1. The molecule has 10 heteroatoms. The molecule has 1 aliphatic rings. The lowest BCUT2D eigenvalue weighted by molar-refractivity contribution is -0.139. The average molecular weight is 584 g/mol. The molecule has 0 N–H and O–H groups in total. The summed E-state index contributed by atoms with van der Waals surface area (Å²) in [5, 5.41) is 9.34. The van der Waals surface area contributed by atoms with Crippen LogP contribution in [-0.4, -0.2) is 24.3 Å². The van der Waals surface area contributed by atoms with Gasteiger partial charge >= 0.3 is 5.97 Å². The molecule has 0 bridgehead atoms. The molecule has 1 aliphatic heterocycles. The topological polar surface area (TPSA) is 103 Å². The van der Waals surface area contributed by atoms with Gasteiger partial charge in [0.1, 0.15) is 12.4 Å². The summed E-state index contributed by atoms with van der Waals surface area (Å²) < 4.78 is 32.4. The van der Waals surface area contributed by atoms with E-state index < -0.39 is 17.8 Å². The molecule has 1 atom stereocenters. The fourth-order valence-corrected chi connectivity index (χ4v) is 5.75. The van der Waals surface area contributed by atoms with Crippen LogP contribution in [0.2, 0.25) is 0 Å². The van der Waals surface area contributed by atoms with Gasteiger partial charge < -0.3 is 14.2 Å². The second-order valence-corrected chi connectivity index (χ2v) is 10.3. The summed E-state index contributed by atoms with van der Waals surface area (Å²) in [5.74, 6) is -0.0780. The number of carbonyl (C=O) groups excluding carboxylic acids is 1. The van der Waals surface area contributed by atoms with Gasteiger partial charge in [0.05, 0.1) is 47.2 Å². The Bertz CT molecular complexity index is 1920. The van der Waals surface area contributed by atoms with E-state index in [0.717, 1.165) is 5.56 Å². The van der Waals surface area contributed by atoms with Crippen molar-refractivity contribution < 1.29 is 23.4 Å². The minimum atomic E-state index is -0.829. The lowest BCUT2D eigenvalue weighted by atomic mass is 9.96. The third-order valence-corrected chi connectivity index (χ3v) is 7.69. The number of ether oxygens (including phenoxy) is 3. The molecule has 5 rings (SSSR count). The minimum Gasteiger partial charge on any atom is -0.493 e. The van der Waals surface area contributed by atoms with Crippen LogP contribution in [0.15, 0.2) is 87.8 Å². The predicted octanol–water partition coefficient (Wildman–Crippen LogP) is 4.40. The first-order chi connectivity index (χ1) is 20.3.